The van der Waals surface area contributed by atoms with Gasteiger partial charge in [-0.05, 0) is 6.92 Å². The van der Waals surface area contributed by atoms with Crippen LogP contribution in [0.4, 0.5) is 9.59 Å². The van der Waals surface area contributed by atoms with E-state index in [4.69, 9.17) is 20.4 Å². The van der Waals surface area contributed by atoms with Gasteiger partial charge in [0.15, 0.2) is 0 Å². The molecule has 1 atom stereocenters. The third kappa shape index (κ3) is 23.4. The summed E-state index contributed by atoms with van der Waals surface area (Å²) in [7, 11) is 0. The lowest BCUT2D eigenvalue weighted by Crippen LogP contribution is -2.05. The van der Waals surface area contributed by atoms with E-state index in [0.717, 1.165) is 0 Å². The number of carboxylic acid groups (broad SMARTS) is 2. The molecule has 1 unspecified atom stereocenters. The zero-order chi connectivity index (χ0) is 10.1. The first-order chi connectivity index (χ1) is 5.40. The van der Waals surface area contributed by atoms with Crippen LogP contribution >= 0.6 is 0 Å². The summed E-state index contributed by atoms with van der Waals surface area (Å²) in [5, 5.41) is 31.0. The van der Waals surface area contributed by atoms with Gasteiger partial charge in [-0.15, -0.1) is 0 Å². The van der Waals surface area contributed by atoms with Crippen molar-refractivity contribution in [2.24, 2.45) is 0 Å². The Morgan fingerprint density at radius 1 is 1.33 bits per heavy atom. The molecular weight excluding hydrogens is 172 g/mol. The zero-order valence-corrected chi connectivity index (χ0v) is 6.30. The van der Waals surface area contributed by atoms with Gasteiger partial charge in [-0.3, -0.25) is 0 Å². The monoisotopic (exact) mass is 182 g/mol. The molecule has 72 valence electrons. The fourth-order valence-electron chi connectivity index (χ4n) is 0.0747. The molecule has 0 saturated carbocycles. The number of hydrogen-bond acceptors (Lipinski definition) is 5. The number of aliphatic hydroxyl groups is 2. The smallest absolute Gasteiger partial charge is 0.449 e. The lowest BCUT2D eigenvalue weighted by atomic mass is 10.5. The number of ether oxygens (including phenoxy) is 1. The predicted molar refractivity (Wildman–Crippen MR) is 35.9 cm³/mol. The van der Waals surface area contributed by atoms with E-state index in [2.05, 4.69) is 4.74 Å². The highest BCUT2D eigenvalue weighted by atomic mass is 16.7. The van der Waals surface area contributed by atoms with Crippen LogP contribution in [0.5, 0.6) is 0 Å². The first-order valence-electron chi connectivity index (χ1n) is 2.82. The maximum atomic E-state index is 9.21. The van der Waals surface area contributed by atoms with E-state index in [-0.39, 0.29) is 6.61 Å². The van der Waals surface area contributed by atoms with Crippen molar-refractivity contribution >= 4 is 12.3 Å². The van der Waals surface area contributed by atoms with Gasteiger partial charge in [-0.1, -0.05) is 0 Å². The summed E-state index contributed by atoms with van der Waals surface area (Å²) in [5.41, 5.74) is 0. The molecule has 0 saturated heterocycles. The van der Waals surface area contributed by atoms with E-state index in [9.17, 15) is 9.59 Å². The zero-order valence-electron chi connectivity index (χ0n) is 6.30. The maximum absolute atomic E-state index is 9.21. The molecule has 0 aliphatic rings. The first-order valence-corrected chi connectivity index (χ1v) is 2.82. The van der Waals surface area contributed by atoms with Crippen molar-refractivity contribution in [1.29, 1.82) is 0 Å². The van der Waals surface area contributed by atoms with Crippen molar-refractivity contribution in [2.75, 3.05) is 6.61 Å². The summed E-state index contributed by atoms with van der Waals surface area (Å²) >= 11 is 0. The Morgan fingerprint density at radius 2 is 1.58 bits per heavy atom. The summed E-state index contributed by atoms with van der Waals surface area (Å²) < 4.78 is 3.08. The summed E-state index contributed by atoms with van der Waals surface area (Å²) in [6.07, 6.45) is -4.19. The fraction of sp³-hybridized carbons (Fsp3) is 0.600. The topological polar surface area (TPSA) is 124 Å². The molecule has 0 rings (SSSR count). The normalized spacial score (nSPS) is 10.6. The van der Waals surface area contributed by atoms with Gasteiger partial charge >= 0.3 is 12.3 Å². The minimum absolute atomic E-state index is 0.139. The van der Waals surface area contributed by atoms with Crippen molar-refractivity contribution in [1.82, 2.24) is 0 Å². The molecule has 0 spiro atoms. The summed E-state index contributed by atoms with van der Waals surface area (Å²) in [6.45, 7) is 1.39. The van der Waals surface area contributed by atoms with Crippen LogP contribution in [-0.2, 0) is 4.74 Å². The van der Waals surface area contributed by atoms with Crippen LogP contribution in [-0.4, -0.2) is 45.4 Å². The van der Waals surface area contributed by atoms with Crippen LogP contribution < -0.4 is 0 Å². The quantitative estimate of drug-likeness (QED) is 0.324. The van der Waals surface area contributed by atoms with E-state index < -0.39 is 18.4 Å². The number of carbonyl (C=O) groups is 2. The van der Waals surface area contributed by atoms with Crippen molar-refractivity contribution in [2.45, 2.75) is 13.0 Å². The Labute approximate surface area is 67.8 Å². The largest absolute Gasteiger partial charge is 0.516 e. The Bertz CT molecular complexity index is 129. The van der Waals surface area contributed by atoms with Gasteiger partial charge in [0.2, 0.25) is 0 Å². The number of aliphatic hydroxyl groups excluding tert-OH is 2. The van der Waals surface area contributed by atoms with Gasteiger partial charge in [-0.25, -0.2) is 9.59 Å². The Morgan fingerprint density at radius 3 is 1.58 bits per heavy atom. The lowest BCUT2D eigenvalue weighted by molar-refractivity contribution is 0.0802. The number of rotatable bonds is 1. The second-order valence-corrected chi connectivity index (χ2v) is 1.67. The molecule has 0 heterocycles. The SMILES string of the molecule is CC(O)CO.O=C(O)OC(=O)O. The second kappa shape index (κ2) is 7.76. The van der Waals surface area contributed by atoms with Crippen LogP contribution in [0.1, 0.15) is 6.92 Å². The third-order valence-electron chi connectivity index (χ3n) is 0.439. The van der Waals surface area contributed by atoms with Crippen LogP contribution in [0, 0.1) is 0 Å². The molecule has 0 aromatic rings. The van der Waals surface area contributed by atoms with Crippen LogP contribution in [0.25, 0.3) is 0 Å². The highest BCUT2D eigenvalue weighted by molar-refractivity contribution is 5.74. The summed E-state index contributed by atoms with van der Waals surface area (Å²) in [6, 6.07) is 0. The highest BCUT2D eigenvalue weighted by Gasteiger charge is 2.01. The first kappa shape index (κ1) is 13.3. The molecule has 0 aliphatic heterocycles. The van der Waals surface area contributed by atoms with Gasteiger partial charge < -0.3 is 25.2 Å². The van der Waals surface area contributed by atoms with Gasteiger partial charge in [0.1, 0.15) is 0 Å². The fourth-order valence-corrected chi connectivity index (χ4v) is 0.0747. The standard InChI is InChI=1S/C3H8O2.C2H2O5/c1-3(5)2-4;3-1(4)7-2(5)6/h3-5H,2H2,1H3;(H,3,4)(H,5,6). The van der Waals surface area contributed by atoms with Crippen molar-refractivity contribution in [3.8, 4) is 0 Å². The maximum Gasteiger partial charge on any atom is 0.516 e. The highest BCUT2D eigenvalue weighted by Crippen LogP contribution is 1.73. The van der Waals surface area contributed by atoms with Crippen LogP contribution in [0.15, 0.2) is 0 Å². The molecule has 0 aromatic carbocycles. The van der Waals surface area contributed by atoms with E-state index in [1.54, 1.807) is 0 Å². The average molecular weight is 182 g/mol. The van der Waals surface area contributed by atoms with Gasteiger partial charge in [0, 0.05) is 0 Å². The molecule has 7 nitrogen and oxygen atoms in total. The Kier molecular flexibility index (Phi) is 8.58. The van der Waals surface area contributed by atoms with Crippen molar-refractivity contribution in [3.05, 3.63) is 0 Å². The summed E-state index contributed by atoms with van der Waals surface area (Å²) in [5.74, 6) is 0. The molecule has 0 radical (unpaired) electrons. The van der Waals surface area contributed by atoms with E-state index in [1.807, 2.05) is 0 Å². The van der Waals surface area contributed by atoms with Gasteiger partial charge in [0.05, 0.1) is 12.7 Å². The second-order valence-electron chi connectivity index (χ2n) is 1.67. The molecule has 0 amide bonds. The van der Waals surface area contributed by atoms with Gasteiger partial charge in [0.25, 0.3) is 0 Å². The molecule has 4 N–H and O–H groups in total. The minimum Gasteiger partial charge on any atom is -0.449 e. The molecule has 0 fully saturated rings. The summed E-state index contributed by atoms with van der Waals surface area (Å²) in [4.78, 5) is 18.4. The predicted octanol–water partition coefficient (Wildman–Crippen LogP) is -0.281. The molecule has 0 aliphatic carbocycles. The molecule has 12 heavy (non-hydrogen) atoms. The van der Waals surface area contributed by atoms with E-state index in [1.165, 1.54) is 6.92 Å². The van der Waals surface area contributed by atoms with Crippen molar-refractivity contribution in [3.63, 3.8) is 0 Å². The van der Waals surface area contributed by atoms with Crippen LogP contribution in [0.3, 0.4) is 0 Å². The minimum atomic E-state index is -1.81. The molecule has 0 aromatic heterocycles. The van der Waals surface area contributed by atoms with E-state index in [0.29, 0.717) is 0 Å². The van der Waals surface area contributed by atoms with Gasteiger partial charge in [-0.2, -0.15) is 0 Å². The molecule has 0 bridgehead atoms. The number of hydrogen-bond donors (Lipinski definition) is 4. The average Bonchev–Trinajstić information content (AvgIpc) is 1.85. The lowest BCUT2D eigenvalue weighted by Gasteiger charge is -1.90. The molecular formula is C5H10O7. The van der Waals surface area contributed by atoms with Crippen LogP contribution in [0.2, 0.25) is 0 Å². The third-order valence-corrected chi connectivity index (χ3v) is 0.439. The Balaban J connectivity index is 0. The molecule has 7 heteroatoms. The van der Waals surface area contributed by atoms with E-state index >= 15 is 0 Å². The Hall–Kier alpha value is -1.34. The van der Waals surface area contributed by atoms with Crippen molar-refractivity contribution < 1.29 is 34.8 Å².